The van der Waals surface area contributed by atoms with Gasteiger partial charge in [-0.3, -0.25) is 20.2 Å². The minimum Gasteiger partial charge on any atom is -0.443 e. The average Bonchev–Trinajstić information content (AvgIpc) is 3.90. The highest BCUT2D eigenvalue weighted by atomic mass is 32.2. The van der Waals surface area contributed by atoms with Crippen LogP contribution in [0.5, 0.6) is 0 Å². The number of sulfonamides is 1. The van der Waals surface area contributed by atoms with Gasteiger partial charge in [0.15, 0.2) is 6.29 Å². The molecule has 67 heavy (non-hydrogen) atoms. The molecule has 0 aromatic heterocycles. The average molecular weight is 950 g/mol. The number of aliphatic hydroxyl groups excluding tert-OH is 1. The Kier molecular flexibility index (Phi) is 22.2. The highest BCUT2D eigenvalue weighted by Gasteiger charge is 2.44. The fourth-order valence-electron chi connectivity index (χ4n) is 7.37. The van der Waals surface area contributed by atoms with Crippen LogP contribution in [0.4, 0.5) is 16.2 Å². The Bertz CT molecular complexity index is 2210. The summed E-state index contributed by atoms with van der Waals surface area (Å²) < 4.78 is 44.1. The number of nitro groups is 2. The maximum atomic E-state index is 13.0. The van der Waals surface area contributed by atoms with Crippen molar-refractivity contribution in [2.75, 3.05) is 39.4 Å². The lowest BCUT2D eigenvalue weighted by atomic mass is 9.88. The largest absolute Gasteiger partial charge is 0.443 e. The first-order valence-corrected chi connectivity index (χ1v) is 23.8. The van der Waals surface area contributed by atoms with E-state index < -0.39 is 38.1 Å². The molecule has 2 aliphatic rings. The fourth-order valence-corrected chi connectivity index (χ4v) is 9.16. The van der Waals surface area contributed by atoms with Crippen LogP contribution in [-0.4, -0.2) is 97.7 Å². The quantitative estimate of drug-likeness (QED) is 0.0679. The van der Waals surface area contributed by atoms with E-state index in [9.17, 15) is 38.5 Å². The molecule has 2 fully saturated rings. The molecule has 19 heteroatoms. The van der Waals surface area contributed by atoms with Crippen LogP contribution in [0.15, 0.2) is 83.8 Å². The number of rotatable bonds is 21. The van der Waals surface area contributed by atoms with Crippen molar-refractivity contribution in [3.8, 4) is 12.1 Å². The summed E-state index contributed by atoms with van der Waals surface area (Å²) >= 11 is 0. The molecule has 4 unspecified atom stereocenters. The van der Waals surface area contributed by atoms with Gasteiger partial charge in [0.1, 0.15) is 6.10 Å². The molecule has 2 aliphatic heterocycles. The summed E-state index contributed by atoms with van der Waals surface area (Å²) in [5.41, 5.74) is 1.64. The van der Waals surface area contributed by atoms with E-state index in [2.05, 4.69) is 36.6 Å². The molecule has 2 heterocycles. The monoisotopic (exact) mass is 949 g/mol. The molecule has 1 amide bonds. The second kappa shape index (κ2) is 26.7. The number of nitrogens with one attached hydrogen (secondary N) is 2. The van der Waals surface area contributed by atoms with Gasteiger partial charge in [-0.25, -0.2) is 13.2 Å². The van der Waals surface area contributed by atoms with E-state index in [1.54, 1.807) is 12.1 Å². The summed E-state index contributed by atoms with van der Waals surface area (Å²) in [6.45, 7) is 16.3. The minimum absolute atomic E-state index is 0.0369. The molecule has 0 spiro atoms. The molecule has 0 radical (unpaired) electrons. The van der Waals surface area contributed by atoms with Crippen molar-refractivity contribution < 1.29 is 42.4 Å². The van der Waals surface area contributed by atoms with E-state index in [1.165, 1.54) is 40.7 Å². The summed E-state index contributed by atoms with van der Waals surface area (Å²) in [5.74, 6) is 0.190. The molecule has 366 valence electrons. The molecule has 0 saturated carbocycles. The van der Waals surface area contributed by atoms with Crippen LogP contribution in [0.1, 0.15) is 84.8 Å². The molecule has 5 rings (SSSR count). The fraction of sp³-hybridized carbons (Fsp3) is 0.562. The zero-order chi connectivity index (χ0) is 49.8. The molecule has 3 aromatic carbocycles. The number of hydrogen-bond acceptors (Lipinski definition) is 14. The van der Waals surface area contributed by atoms with Crippen LogP contribution in [-0.2, 0) is 30.7 Å². The Hall–Kier alpha value is -5.54. The molecule has 0 aliphatic carbocycles. The summed E-state index contributed by atoms with van der Waals surface area (Å²) in [6.07, 6.45) is 1.53. The smallest absolute Gasteiger partial charge is 0.407 e. The summed E-state index contributed by atoms with van der Waals surface area (Å²) in [6, 6.07) is 24.8. The van der Waals surface area contributed by atoms with Gasteiger partial charge in [-0.05, 0) is 67.1 Å². The lowest BCUT2D eigenvalue weighted by Gasteiger charge is -2.32. The first-order chi connectivity index (χ1) is 31.6. The molecular weight excluding hydrogens is 883 g/mol. The molecule has 3 aromatic rings. The number of amides is 1. The Labute approximate surface area is 395 Å². The number of aryl methyl sites for hydroxylation is 1. The Balaban J connectivity index is 0.000000301. The maximum Gasteiger partial charge on any atom is 0.407 e. The molecule has 2 saturated heterocycles. The number of nitriles is 2. The second-order valence-corrected chi connectivity index (χ2v) is 20.7. The third-order valence-corrected chi connectivity index (χ3v) is 13.0. The van der Waals surface area contributed by atoms with Gasteiger partial charge in [-0.1, -0.05) is 89.6 Å². The van der Waals surface area contributed by atoms with Gasteiger partial charge in [-0.2, -0.15) is 14.8 Å². The topological polar surface area (TPSA) is 260 Å². The Morgan fingerprint density at radius 3 is 2.03 bits per heavy atom. The van der Waals surface area contributed by atoms with Crippen LogP contribution in [0.25, 0.3) is 0 Å². The Morgan fingerprint density at radius 2 is 1.48 bits per heavy atom. The van der Waals surface area contributed by atoms with Crippen molar-refractivity contribution in [2.45, 2.75) is 116 Å². The number of aliphatic hydroxyl groups is 1. The normalized spacial score (nSPS) is 17.6. The molecule has 0 bridgehead atoms. The second-order valence-electron chi connectivity index (χ2n) is 18.8. The van der Waals surface area contributed by atoms with Crippen molar-refractivity contribution >= 4 is 27.5 Å². The van der Waals surface area contributed by atoms with Crippen molar-refractivity contribution in [1.82, 2.24) is 14.9 Å². The number of non-ortho nitro benzene ring substituents is 2. The lowest BCUT2D eigenvalue weighted by Crippen LogP contribution is -2.50. The first-order valence-electron chi connectivity index (χ1n) is 22.4. The zero-order valence-electron chi connectivity index (χ0n) is 39.6. The van der Waals surface area contributed by atoms with Gasteiger partial charge in [0.2, 0.25) is 10.0 Å². The highest BCUT2D eigenvalue weighted by Crippen LogP contribution is 2.33. The highest BCUT2D eigenvalue weighted by molar-refractivity contribution is 7.89. The molecular formula is C48H67N7O11S. The van der Waals surface area contributed by atoms with Crippen LogP contribution >= 0.6 is 0 Å². The number of ether oxygens (including phenoxy) is 3. The van der Waals surface area contributed by atoms with E-state index in [4.69, 9.17) is 24.7 Å². The van der Waals surface area contributed by atoms with Crippen molar-refractivity contribution in [3.05, 3.63) is 110 Å². The first kappa shape index (κ1) is 55.8. The number of alkyl carbamates (subject to hydrolysis) is 1. The van der Waals surface area contributed by atoms with E-state index in [0.29, 0.717) is 58.5 Å². The number of fused-ring (bicyclic) bond motifs is 1. The predicted octanol–water partition coefficient (Wildman–Crippen LogP) is 7.84. The number of nitrogens with zero attached hydrogens (tertiary/aromatic N) is 5. The van der Waals surface area contributed by atoms with Crippen LogP contribution < -0.4 is 10.6 Å². The minimum atomic E-state index is -3.77. The van der Waals surface area contributed by atoms with Crippen LogP contribution in [0.3, 0.4) is 0 Å². The van der Waals surface area contributed by atoms with Crippen molar-refractivity contribution in [2.24, 2.45) is 22.7 Å². The SMILES string of the molecule is CC(C)(CCC#N)CNCC(O)[C@H](Cc1ccccc1)NC(=O)OC1COC2OCCC12.CC(C)CN(CC(C)(C)CCC#N)S(=O)(=O)c1ccc([N+](=O)[O-])cc1.Cc1ccc([N+](=O)[O-])cc1. The number of nitro benzene ring substituents is 2. The maximum absolute atomic E-state index is 13.0. The standard InChI is InChI=1S/C24H35N3O5.C17H25N3O4S.C7H7NO2/c1-24(2,10-6-11-25)16-26-14-20(28)19(13-17-7-4-3-5-8-17)27-23(29)32-21-15-31-22-18(21)9-12-30-22;1-14(2)12-19(13-17(3,4)10-5-11-18)25(23,24)16-8-6-15(7-9-16)20(21)22;1-6-2-4-7(5-3-6)8(9)10/h3-5,7-8,18-22,26,28H,6,9-10,12-16H2,1-2H3,(H,27,29);6-9,14H,5,10,12-13H2,1-4H3;2-5H,1H3/t18?,19-,20?,21?,22?;;/m0../s1. The van der Waals surface area contributed by atoms with Gasteiger partial charge in [-0.15, -0.1) is 0 Å². The third kappa shape index (κ3) is 19.3. The van der Waals surface area contributed by atoms with Gasteiger partial charge in [0.05, 0.1) is 58.2 Å². The number of carbonyl (C=O) groups is 1. The van der Waals surface area contributed by atoms with Crippen molar-refractivity contribution in [1.29, 1.82) is 10.5 Å². The van der Waals surface area contributed by atoms with Crippen molar-refractivity contribution in [3.63, 3.8) is 0 Å². The van der Waals surface area contributed by atoms with Gasteiger partial charge >= 0.3 is 6.09 Å². The van der Waals surface area contributed by atoms with E-state index in [0.717, 1.165) is 24.0 Å². The third-order valence-electron chi connectivity index (χ3n) is 11.2. The molecule has 5 atom stereocenters. The molecule has 18 nitrogen and oxygen atoms in total. The number of benzene rings is 3. The Morgan fingerprint density at radius 1 is 0.910 bits per heavy atom. The number of hydrogen-bond donors (Lipinski definition) is 3. The van der Waals surface area contributed by atoms with Gasteiger partial charge in [0, 0.05) is 63.3 Å². The van der Waals surface area contributed by atoms with Crippen LogP contribution in [0, 0.1) is 72.5 Å². The van der Waals surface area contributed by atoms with E-state index >= 15 is 0 Å². The summed E-state index contributed by atoms with van der Waals surface area (Å²) in [4.78, 5) is 32.6. The summed E-state index contributed by atoms with van der Waals surface area (Å²) in [7, 11) is -3.77. The summed E-state index contributed by atoms with van der Waals surface area (Å²) in [5, 5.41) is 55.5. The van der Waals surface area contributed by atoms with Gasteiger partial charge in [0.25, 0.3) is 11.4 Å². The zero-order valence-corrected chi connectivity index (χ0v) is 40.4. The lowest BCUT2D eigenvalue weighted by molar-refractivity contribution is -0.385. The number of carbonyl (C=O) groups excluding carboxylic acids is 1. The van der Waals surface area contributed by atoms with Gasteiger partial charge < -0.3 is 30.0 Å². The van der Waals surface area contributed by atoms with E-state index in [1.807, 2.05) is 65.0 Å². The van der Waals surface area contributed by atoms with E-state index in [-0.39, 0.29) is 57.9 Å². The van der Waals surface area contributed by atoms with Crippen LogP contribution in [0.2, 0.25) is 0 Å². The molecule has 3 N–H and O–H groups in total. The predicted molar refractivity (Wildman–Crippen MR) is 252 cm³/mol.